The van der Waals surface area contributed by atoms with Gasteiger partial charge < -0.3 is 14.8 Å². The van der Waals surface area contributed by atoms with Gasteiger partial charge in [0.25, 0.3) is 5.69 Å². The molecule has 10 heteroatoms. The molecule has 3 aromatic heterocycles. The number of nitro groups is 1. The van der Waals surface area contributed by atoms with Crippen LogP contribution in [-0.2, 0) is 0 Å². The highest BCUT2D eigenvalue weighted by Crippen LogP contribution is 2.42. The second-order valence-corrected chi connectivity index (χ2v) is 10.9. The molecular weight excluding hydrogens is 541 g/mol. The summed E-state index contributed by atoms with van der Waals surface area (Å²) in [5, 5.41) is 15.1. The molecule has 5 aromatic rings. The van der Waals surface area contributed by atoms with E-state index in [0.717, 1.165) is 38.2 Å². The number of hydrogen-bond donors (Lipinski definition) is 1. The van der Waals surface area contributed by atoms with Gasteiger partial charge in [0.15, 0.2) is 5.11 Å². The van der Waals surface area contributed by atoms with Gasteiger partial charge in [-0.1, -0.05) is 23.9 Å². The Bertz CT molecular complexity index is 1660. The maximum absolute atomic E-state index is 11.0. The van der Waals surface area contributed by atoms with Gasteiger partial charge in [-0.25, -0.2) is 4.98 Å². The number of benzene rings is 2. The second kappa shape index (κ2) is 10.9. The van der Waals surface area contributed by atoms with Gasteiger partial charge in [0.2, 0.25) is 0 Å². The number of anilines is 1. The molecule has 1 aliphatic heterocycles. The Balaban J connectivity index is 1.35. The molecule has 0 aliphatic carbocycles. The highest BCUT2D eigenvalue weighted by Gasteiger charge is 2.42. The fourth-order valence-electron chi connectivity index (χ4n) is 4.83. The maximum atomic E-state index is 11.0. The van der Waals surface area contributed by atoms with E-state index in [1.807, 2.05) is 73.9 Å². The van der Waals surface area contributed by atoms with Crippen molar-refractivity contribution in [2.24, 2.45) is 0 Å². The number of thiocarbonyl (C=S) groups is 1. The number of pyridine rings is 2. The Hall–Kier alpha value is -4.54. The minimum atomic E-state index is -0.393. The minimum absolute atomic E-state index is 0.0776. The van der Waals surface area contributed by atoms with Crippen molar-refractivity contribution in [1.29, 1.82) is 0 Å². The molecule has 0 bridgehead atoms. The summed E-state index contributed by atoms with van der Waals surface area (Å²) < 4.78 is 2.10. The first kappa shape index (κ1) is 25.7. The van der Waals surface area contributed by atoms with Crippen LogP contribution in [0.3, 0.4) is 0 Å². The van der Waals surface area contributed by atoms with E-state index in [1.54, 1.807) is 30.1 Å². The number of rotatable bonds is 7. The van der Waals surface area contributed by atoms with Crippen LogP contribution in [0.25, 0.3) is 5.82 Å². The zero-order valence-electron chi connectivity index (χ0n) is 21.4. The molecule has 2 atom stereocenters. The summed E-state index contributed by atoms with van der Waals surface area (Å²) in [6, 6.07) is 28.5. The molecule has 0 saturated carbocycles. The van der Waals surface area contributed by atoms with Crippen LogP contribution in [0.5, 0.6) is 0 Å². The largest absolute Gasteiger partial charge is 0.351 e. The molecule has 0 radical (unpaired) electrons. The van der Waals surface area contributed by atoms with E-state index >= 15 is 0 Å². The molecule has 1 fully saturated rings. The van der Waals surface area contributed by atoms with E-state index in [1.165, 1.54) is 12.1 Å². The number of aromatic nitrogens is 3. The van der Waals surface area contributed by atoms with E-state index in [4.69, 9.17) is 12.2 Å². The van der Waals surface area contributed by atoms with Crippen molar-refractivity contribution in [3.63, 3.8) is 0 Å². The Labute approximate surface area is 240 Å². The molecule has 1 aliphatic rings. The molecule has 0 amide bonds. The van der Waals surface area contributed by atoms with Gasteiger partial charge in [-0.15, -0.1) is 0 Å². The van der Waals surface area contributed by atoms with Crippen molar-refractivity contribution in [3.8, 4) is 5.82 Å². The van der Waals surface area contributed by atoms with Crippen molar-refractivity contribution in [2.45, 2.75) is 28.8 Å². The summed E-state index contributed by atoms with van der Waals surface area (Å²) >= 11 is 7.45. The maximum Gasteiger partial charge on any atom is 0.269 e. The Kier molecular flexibility index (Phi) is 7.02. The number of aryl methyl sites for hydroxylation is 1. The molecule has 198 valence electrons. The summed E-state index contributed by atoms with van der Waals surface area (Å²) in [5.74, 6) is 0.831. The number of nitro benzene ring substituents is 1. The van der Waals surface area contributed by atoms with Crippen LogP contribution >= 0.6 is 24.0 Å². The third kappa shape index (κ3) is 5.06. The summed E-state index contributed by atoms with van der Waals surface area (Å²) in [6.07, 6.45) is 5.68. The smallest absolute Gasteiger partial charge is 0.269 e. The van der Waals surface area contributed by atoms with E-state index in [0.29, 0.717) is 5.11 Å². The molecule has 6 rings (SSSR count). The van der Waals surface area contributed by atoms with Gasteiger partial charge in [-0.2, -0.15) is 0 Å². The SMILES string of the molecule is Cc1ccc(-n2cccc2[C@@H]2[C@@H](c3ccccn3)NC(=S)N2c2ccc(Sc3ccc([N+](=O)[O-])cc3)cc2)nc1. The zero-order chi connectivity index (χ0) is 27.6. The van der Waals surface area contributed by atoms with E-state index < -0.39 is 4.92 Å². The second-order valence-electron chi connectivity index (χ2n) is 9.34. The summed E-state index contributed by atoms with van der Waals surface area (Å²) in [4.78, 5) is 24.0. The zero-order valence-corrected chi connectivity index (χ0v) is 23.0. The lowest BCUT2D eigenvalue weighted by molar-refractivity contribution is -0.384. The summed E-state index contributed by atoms with van der Waals surface area (Å²) in [5.41, 5.74) is 4.05. The van der Waals surface area contributed by atoms with Gasteiger partial charge in [0, 0.05) is 51.9 Å². The van der Waals surface area contributed by atoms with Gasteiger partial charge >= 0.3 is 0 Å². The lowest BCUT2D eigenvalue weighted by Crippen LogP contribution is -2.30. The van der Waals surface area contributed by atoms with Gasteiger partial charge in [0.1, 0.15) is 11.9 Å². The van der Waals surface area contributed by atoms with Crippen molar-refractivity contribution in [3.05, 3.63) is 137 Å². The summed E-state index contributed by atoms with van der Waals surface area (Å²) in [6.45, 7) is 2.02. The monoisotopic (exact) mass is 564 g/mol. The third-order valence-electron chi connectivity index (χ3n) is 6.72. The standard InChI is InChI=1S/C30H24N6O2S2/c1-20-7-16-27(32-19-20)34-18-4-6-26(34)29-28(25-5-2-3-17-31-25)33-30(39)35(29)21-8-12-23(13-9-21)40-24-14-10-22(11-15-24)36(37)38/h2-19,28-29H,1H3,(H,33,39)/t28-,29-/m1/s1. The highest BCUT2D eigenvalue weighted by molar-refractivity contribution is 7.99. The average Bonchev–Trinajstić information content (AvgIpc) is 3.59. The fraction of sp³-hybridized carbons (Fsp3) is 0.100. The van der Waals surface area contributed by atoms with Crippen LogP contribution in [0.15, 0.2) is 119 Å². The lowest BCUT2D eigenvalue weighted by Gasteiger charge is -2.29. The Morgan fingerprint density at radius 2 is 1.68 bits per heavy atom. The molecule has 1 saturated heterocycles. The van der Waals surface area contributed by atoms with E-state index in [9.17, 15) is 10.1 Å². The van der Waals surface area contributed by atoms with Gasteiger partial charge in [-0.05, 0) is 91.4 Å². The predicted octanol–water partition coefficient (Wildman–Crippen LogP) is 6.81. The topological polar surface area (TPSA) is 89.1 Å². The van der Waals surface area contributed by atoms with Crippen molar-refractivity contribution in [2.75, 3.05) is 4.90 Å². The highest BCUT2D eigenvalue weighted by atomic mass is 32.2. The normalized spacial score (nSPS) is 16.6. The van der Waals surface area contributed by atoms with Gasteiger partial charge in [-0.3, -0.25) is 15.1 Å². The molecule has 1 N–H and O–H groups in total. The first-order valence-corrected chi connectivity index (χ1v) is 13.8. The number of nitrogens with one attached hydrogen (secondary N) is 1. The molecule has 2 aromatic carbocycles. The lowest BCUT2D eigenvalue weighted by atomic mass is 10.0. The summed E-state index contributed by atoms with van der Waals surface area (Å²) in [7, 11) is 0. The van der Waals surface area contributed by atoms with Gasteiger partial charge in [0.05, 0.1) is 16.7 Å². The molecule has 4 heterocycles. The van der Waals surface area contributed by atoms with Crippen LogP contribution in [0.4, 0.5) is 11.4 Å². The number of non-ortho nitro benzene ring substituents is 1. The molecule has 40 heavy (non-hydrogen) atoms. The minimum Gasteiger partial charge on any atom is -0.351 e. The molecular formula is C30H24N6O2S2. The molecule has 8 nitrogen and oxygen atoms in total. The Morgan fingerprint density at radius 3 is 2.33 bits per heavy atom. The Morgan fingerprint density at radius 1 is 0.925 bits per heavy atom. The first-order valence-electron chi connectivity index (χ1n) is 12.6. The van der Waals surface area contributed by atoms with Crippen LogP contribution in [-0.4, -0.2) is 24.6 Å². The van der Waals surface area contributed by atoms with E-state index in [-0.39, 0.29) is 17.8 Å². The van der Waals surface area contributed by atoms with Crippen LogP contribution < -0.4 is 10.2 Å². The van der Waals surface area contributed by atoms with Crippen LogP contribution in [0.1, 0.15) is 29.0 Å². The van der Waals surface area contributed by atoms with Crippen LogP contribution in [0.2, 0.25) is 0 Å². The van der Waals surface area contributed by atoms with E-state index in [2.05, 4.69) is 36.9 Å². The number of hydrogen-bond acceptors (Lipinski definition) is 6. The van der Waals surface area contributed by atoms with Crippen molar-refractivity contribution in [1.82, 2.24) is 19.9 Å². The fourth-order valence-corrected chi connectivity index (χ4v) is 5.99. The number of nitrogens with zero attached hydrogens (tertiary/aromatic N) is 5. The van der Waals surface area contributed by atoms with Crippen molar-refractivity contribution >= 4 is 40.5 Å². The quantitative estimate of drug-likeness (QED) is 0.131. The molecule has 0 spiro atoms. The van der Waals surface area contributed by atoms with Crippen molar-refractivity contribution < 1.29 is 4.92 Å². The average molecular weight is 565 g/mol. The van der Waals surface area contributed by atoms with Crippen LogP contribution in [0, 0.1) is 17.0 Å². The first-order chi connectivity index (χ1) is 19.5. The predicted molar refractivity (Wildman–Crippen MR) is 160 cm³/mol. The molecule has 0 unspecified atom stereocenters. The third-order valence-corrected chi connectivity index (χ3v) is 8.05.